The van der Waals surface area contributed by atoms with Crippen molar-refractivity contribution >= 4 is 46.1 Å². The normalized spacial score (nSPS) is 18.6. The van der Waals surface area contributed by atoms with E-state index in [-0.39, 0.29) is 18.4 Å². The van der Waals surface area contributed by atoms with Gasteiger partial charge in [-0.15, -0.1) is 0 Å². The minimum atomic E-state index is -0.815. The molecule has 1 unspecified atom stereocenters. The highest BCUT2D eigenvalue weighted by atomic mass is 127. The van der Waals surface area contributed by atoms with Gasteiger partial charge in [-0.1, -0.05) is 11.6 Å². The topological polar surface area (TPSA) is 57.6 Å². The van der Waals surface area contributed by atoms with Gasteiger partial charge in [0.2, 0.25) is 0 Å². The molecule has 0 bridgehead atoms. The molecule has 1 fully saturated rings. The fraction of sp³-hybridized carbons (Fsp3) is 0.467. The standard InChI is InChI=1S/C15H17ClINO3/c16-12-9-10(4-6-13(12)17)15(21)18-8-2-1-3-11(18)5-7-14(19)20/h4,6,9,11H,1-3,5,7-8H2,(H,19,20). The van der Waals surface area contributed by atoms with E-state index in [0.29, 0.717) is 23.6 Å². The monoisotopic (exact) mass is 421 g/mol. The first-order valence-electron chi connectivity index (χ1n) is 6.97. The SMILES string of the molecule is O=C(O)CCC1CCCCN1C(=O)c1ccc(I)c(Cl)c1. The maximum atomic E-state index is 12.6. The van der Waals surface area contributed by atoms with Crippen molar-refractivity contribution in [2.75, 3.05) is 6.54 Å². The smallest absolute Gasteiger partial charge is 0.303 e. The third kappa shape index (κ3) is 4.32. The van der Waals surface area contributed by atoms with E-state index in [9.17, 15) is 9.59 Å². The molecule has 1 amide bonds. The van der Waals surface area contributed by atoms with Gasteiger partial charge in [-0.05, 0) is 66.5 Å². The Kier molecular flexibility index (Phi) is 5.87. The summed E-state index contributed by atoms with van der Waals surface area (Å²) in [7, 11) is 0. The van der Waals surface area contributed by atoms with E-state index in [1.54, 1.807) is 12.1 Å². The van der Waals surface area contributed by atoms with Crippen molar-refractivity contribution in [3.8, 4) is 0 Å². The molecule has 1 aliphatic rings. The van der Waals surface area contributed by atoms with E-state index in [0.717, 1.165) is 22.8 Å². The zero-order chi connectivity index (χ0) is 15.4. The highest BCUT2D eigenvalue weighted by Gasteiger charge is 2.27. The lowest BCUT2D eigenvalue weighted by Crippen LogP contribution is -2.44. The van der Waals surface area contributed by atoms with Crippen molar-refractivity contribution in [1.29, 1.82) is 0 Å². The van der Waals surface area contributed by atoms with Crippen LogP contribution in [0.4, 0.5) is 0 Å². The molecular formula is C15H17ClINO3. The van der Waals surface area contributed by atoms with Gasteiger partial charge >= 0.3 is 5.97 Å². The molecule has 0 spiro atoms. The molecule has 0 radical (unpaired) electrons. The number of carbonyl (C=O) groups excluding carboxylic acids is 1. The molecule has 114 valence electrons. The molecule has 1 aliphatic heterocycles. The van der Waals surface area contributed by atoms with Crippen molar-refractivity contribution in [2.45, 2.75) is 38.1 Å². The van der Waals surface area contributed by atoms with Crippen LogP contribution in [0.1, 0.15) is 42.5 Å². The Morgan fingerprint density at radius 3 is 2.81 bits per heavy atom. The Morgan fingerprint density at radius 2 is 2.14 bits per heavy atom. The van der Waals surface area contributed by atoms with Crippen LogP contribution in [-0.4, -0.2) is 34.5 Å². The second kappa shape index (κ2) is 7.45. The van der Waals surface area contributed by atoms with Gasteiger partial charge in [-0.3, -0.25) is 9.59 Å². The number of hydrogen-bond donors (Lipinski definition) is 1. The van der Waals surface area contributed by atoms with Crippen molar-refractivity contribution in [3.63, 3.8) is 0 Å². The Hall–Kier alpha value is -0.820. The molecule has 1 atom stereocenters. The van der Waals surface area contributed by atoms with Crippen molar-refractivity contribution in [1.82, 2.24) is 4.90 Å². The number of rotatable bonds is 4. The summed E-state index contributed by atoms with van der Waals surface area (Å²) in [6.45, 7) is 0.687. The molecular weight excluding hydrogens is 405 g/mol. The summed E-state index contributed by atoms with van der Waals surface area (Å²) in [6.07, 6.45) is 3.49. The van der Waals surface area contributed by atoms with Crippen molar-refractivity contribution in [3.05, 3.63) is 32.4 Å². The Balaban J connectivity index is 2.13. The van der Waals surface area contributed by atoms with Gasteiger partial charge in [-0.2, -0.15) is 0 Å². The number of aliphatic carboxylic acids is 1. The fourth-order valence-corrected chi connectivity index (χ4v) is 3.17. The molecule has 1 aromatic rings. The quantitative estimate of drug-likeness (QED) is 0.752. The number of nitrogens with zero attached hydrogens (tertiary/aromatic N) is 1. The predicted octanol–water partition coefficient (Wildman–Crippen LogP) is 3.80. The van der Waals surface area contributed by atoms with E-state index in [2.05, 4.69) is 22.6 Å². The Morgan fingerprint density at radius 1 is 1.38 bits per heavy atom. The van der Waals surface area contributed by atoms with Crippen LogP contribution >= 0.6 is 34.2 Å². The van der Waals surface area contributed by atoms with E-state index in [4.69, 9.17) is 16.7 Å². The van der Waals surface area contributed by atoms with Crippen LogP contribution in [0.25, 0.3) is 0 Å². The van der Waals surface area contributed by atoms with E-state index in [1.165, 1.54) is 0 Å². The number of halogens is 2. The van der Waals surface area contributed by atoms with Gasteiger partial charge < -0.3 is 10.0 Å². The number of likely N-dealkylation sites (tertiary alicyclic amines) is 1. The van der Waals surface area contributed by atoms with Crippen LogP contribution in [0.2, 0.25) is 5.02 Å². The molecule has 6 heteroatoms. The summed E-state index contributed by atoms with van der Waals surface area (Å²) < 4.78 is 0.909. The largest absolute Gasteiger partial charge is 0.481 e. The first-order chi connectivity index (χ1) is 9.99. The molecule has 4 nitrogen and oxygen atoms in total. The first-order valence-corrected chi connectivity index (χ1v) is 8.42. The number of benzene rings is 1. The highest BCUT2D eigenvalue weighted by Crippen LogP contribution is 2.25. The Labute approximate surface area is 142 Å². The van der Waals surface area contributed by atoms with Gasteiger partial charge in [0.05, 0.1) is 5.02 Å². The average Bonchev–Trinajstić information content (AvgIpc) is 2.47. The lowest BCUT2D eigenvalue weighted by molar-refractivity contribution is -0.137. The number of piperidine rings is 1. The second-order valence-corrected chi connectivity index (χ2v) is 6.78. The third-order valence-electron chi connectivity index (χ3n) is 3.75. The van der Waals surface area contributed by atoms with Crippen LogP contribution in [0.3, 0.4) is 0 Å². The predicted molar refractivity (Wildman–Crippen MR) is 89.7 cm³/mol. The molecule has 2 rings (SSSR count). The summed E-state index contributed by atoms with van der Waals surface area (Å²) >= 11 is 8.20. The van der Waals surface area contributed by atoms with E-state index in [1.807, 2.05) is 11.0 Å². The lowest BCUT2D eigenvalue weighted by Gasteiger charge is -2.35. The molecule has 1 aromatic carbocycles. The molecule has 0 saturated carbocycles. The lowest BCUT2D eigenvalue weighted by atomic mass is 9.97. The van der Waals surface area contributed by atoms with Crippen LogP contribution in [0, 0.1) is 3.57 Å². The van der Waals surface area contributed by atoms with E-state index >= 15 is 0 Å². The highest BCUT2D eigenvalue weighted by molar-refractivity contribution is 14.1. The second-order valence-electron chi connectivity index (χ2n) is 5.21. The molecule has 1 N–H and O–H groups in total. The summed E-state index contributed by atoms with van der Waals surface area (Å²) in [5.41, 5.74) is 0.572. The number of amides is 1. The molecule has 1 heterocycles. The van der Waals surface area contributed by atoms with Gasteiger partial charge in [0.1, 0.15) is 0 Å². The number of carboxylic acids is 1. The van der Waals surface area contributed by atoms with Gasteiger partial charge in [-0.25, -0.2) is 0 Å². The minimum absolute atomic E-state index is 0.0143. The van der Waals surface area contributed by atoms with E-state index < -0.39 is 5.97 Å². The summed E-state index contributed by atoms with van der Waals surface area (Å²) in [5, 5.41) is 9.40. The maximum absolute atomic E-state index is 12.6. The summed E-state index contributed by atoms with van der Waals surface area (Å²) in [4.78, 5) is 25.2. The van der Waals surface area contributed by atoms with Crippen LogP contribution in [0.5, 0.6) is 0 Å². The first kappa shape index (κ1) is 16.5. The molecule has 21 heavy (non-hydrogen) atoms. The number of carbonyl (C=O) groups is 2. The fourth-order valence-electron chi connectivity index (χ4n) is 2.65. The third-order valence-corrected chi connectivity index (χ3v) is 5.32. The minimum Gasteiger partial charge on any atom is -0.481 e. The number of carboxylic acid groups (broad SMARTS) is 1. The average molecular weight is 422 g/mol. The summed E-state index contributed by atoms with van der Waals surface area (Å²) in [5.74, 6) is -0.867. The molecule has 0 aliphatic carbocycles. The van der Waals surface area contributed by atoms with Crippen molar-refractivity contribution in [2.24, 2.45) is 0 Å². The zero-order valence-corrected chi connectivity index (χ0v) is 14.4. The van der Waals surface area contributed by atoms with Gasteiger partial charge in [0, 0.05) is 28.1 Å². The van der Waals surface area contributed by atoms with Crippen LogP contribution < -0.4 is 0 Å². The maximum Gasteiger partial charge on any atom is 0.303 e. The van der Waals surface area contributed by atoms with Crippen molar-refractivity contribution < 1.29 is 14.7 Å². The molecule has 0 aromatic heterocycles. The van der Waals surface area contributed by atoms with Gasteiger partial charge in [0.15, 0.2) is 0 Å². The van der Waals surface area contributed by atoms with Gasteiger partial charge in [0.25, 0.3) is 5.91 Å². The summed E-state index contributed by atoms with van der Waals surface area (Å²) in [6, 6.07) is 5.31. The molecule has 1 saturated heterocycles. The Bertz CT molecular complexity index is 550. The van der Waals surface area contributed by atoms with Crippen LogP contribution in [-0.2, 0) is 4.79 Å². The zero-order valence-electron chi connectivity index (χ0n) is 11.5. The number of hydrogen-bond acceptors (Lipinski definition) is 2. The van der Waals surface area contributed by atoms with Crippen LogP contribution in [0.15, 0.2) is 18.2 Å².